The Labute approximate surface area is 92.5 Å². The number of hydrogen-bond acceptors (Lipinski definition) is 2. The summed E-state index contributed by atoms with van der Waals surface area (Å²) in [6.07, 6.45) is 5.04. The van der Waals surface area contributed by atoms with E-state index in [1.165, 1.54) is 0 Å². The molecule has 0 amide bonds. The quantitative estimate of drug-likeness (QED) is 0.717. The number of aromatic nitrogens is 3. The Hall–Kier alpha value is -2.04. The number of aromatic amines is 2. The molecule has 0 saturated heterocycles. The predicted molar refractivity (Wildman–Crippen MR) is 58.9 cm³/mol. The van der Waals surface area contributed by atoms with Gasteiger partial charge in [-0.05, 0) is 18.6 Å². The molecule has 2 heterocycles. The number of rotatable bonds is 5. The van der Waals surface area contributed by atoms with Crippen molar-refractivity contribution in [1.82, 2.24) is 15.0 Å². The van der Waals surface area contributed by atoms with Crippen molar-refractivity contribution in [2.45, 2.75) is 19.3 Å². The van der Waals surface area contributed by atoms with E-state index in [2.05, 4.69) is 15.0 Å². The van der Waals surface area contributed by atoms with E-state index < -0.39 is 5.97 Å². The molecule has 0 radical (unpaired) electrons. The van der Waals surface area contributed by atoms with Crippen molar-refractivity contribution in [3.8, 4) is 11.4 Å². The van der Waals surface area contributed by atoms with Gasteiger partial charge in [-0.15, -0.1) is 0 Å². The fraction of sp³-hybridized carbons (Fsp3) is 0.273. The maximum Gasteiger partial charge on any atom is 0.303 e. The third kappa shape index (κ3) is 2.50. The zero-order valence-electron chi connectivity index (χ0n) is 8.73. The average molecular weight is 219 g/mol. The van der Waals surface area contributed by atoms with E-state index in [9.17, 15) is 4.79 Å². The van der Waals surface area contributed by atoms with Crippen LogP contribution in [0.1, 0.15) is 18.7 Å². The molecular weight excluding hydrogens is 206 g/mol. The van der Waals surface area contributed by atoms with Crippen LogP contribution < -0.4 is 0 Å². The molecule has 0 spiro atoms. The zero-order valence-corrected chi connectivity index (χ0v) is 8.73. The summed E-state index contributed by atoms with van der Waals surface area (Å²) in [7, 11) is 0. The van der Waals surface area contributed by atoms with E-state index in [1.54, 1.807) is 6.20 Å². The number of nitrogens with one attached hydrogen (secondary N) is 2. The summed E-state index contributed by atoms with van der Waals surface area (Å²) in [5.74, 6) is 0.0574. The first kappa shape index (κ1) is 10.5. The van der Waals surface area contributed by atoms with Crippen LogP contribution in [0.5, 0.6) is 0 Å². The molecule has 0 atom stereocenters. The van der Waals surface area contributed by atoms with Gasteiger partial charge in [-0.2, -0.15) is 0 Å². The minimum absolute atomic E-state index is 0.179. The molecule has 0 unspecified atom stereocenters. The number of carboxylic acid groups (broad SMARTS) is 1. The molecule has 0 fully saturated rings. The summed E-state index contributed by atoms with van der Waals surface area (Å²) >= 11 is 0. The number of carbonyl (C=O) groups is 1. The second-order valence-electron chi connectivity index (χ2n) is 3.57. The maximum atomic E-state index is 10.3. The van der Waals surface area contributed by atoms with Crippen LogP contribution in [0, 0.1) is 0 Å². The fourth-order valence-electron chi connectivity index (χ4n) is 1.53. The van der Waals surface area contributed by atoms with Crippen molar-refractivity contribution >= 4 is 5.97 Å². The molecule has 2 aromatic rings. The second kappa shape index (κ2) is 4.65. The lowest BCUT2D eigenvalue weighted by atomic mass is 10.2. The topological polar surface area (TPSA) is 81.8 Å². The van der Waals surface area contributed by atoms with Gasteiger partial charge in [-0.25, -0.2) is 4.98 Å². The Kier molecular flexibility index (Phi) is 3.05. The molecule has 2 aromatic heterocycles. The Balaban J connectivity index is 1.95. The normalized spacial score (nSPS) is 10.5. The van der Waals surface area contributed by atoms with Crippen LogP contribution >= 0.6 is 0 Å². The van der Waals surface area contributed by atoms with Crippen molar-refractivity contribution < 1.29 is 9.90 Å². The third-order valence-electron chi connectivity index (χ3n) is 2.32. The van der Waals surface area contributed by atoms with Crippen LogP contribution in [0.2, 0.25) is 0 Å². The standard InChI is InChI=1S/C11H13N3O2/c15-11(16)5-1-4-10-13-7-9(14-10)8-3-2-6-12-8/h2-3,6-7,12H,1,4-5H2,(H,13,14)(H,15,16). The summed E-state index contributed by atoms with van der Waals surface area (Å²) in [5.41, 5.74) is 1.91. The summed E-state index contributed by atoms with van der Waals surface area (Å²) in [6.45, 7) is 0. The number of aryl methyl sites for hydroxylation is 1. The molecule has 5 nitrogen and oxygen atoms in total. The highest BCUT2D eigenvalue weighted by Crippen LogP contribution is 2.14. The first-order chi connectivity index (χ1) is 7.75. The lowest BCUT2D eigenvalue weighted by Gasteiger charge is -1.94. The highest BCUT2D eigenvalue weighted by molar-refractivity contribution is 5.66. The van der Waals surface area contributed by atoms with Crippen LogP contribution in [-0.2, 0) is 11.2 Å². The molecule has 16 heavy (non-hydrogen) atoms. The van der Waals surface area contributed by atoms with E-state index in [-0.39, 0.29) is 6.42 Å². The van der Waals surface area contributed by atoms with E-state index in [0.29, 0.717) is 12.8 Å². The summed E-state index contributed by atoms with van der Waals surface area (Å²) < 4.78 is 0. The molecule has 3 N–H and O–H groups in total. The predicted octanol–water partition coefficient (Wildman–Crippen LogP) is 1.81. The number of hydrogen-bond donors (Lipinski definition) is 3. The SMILES string of the molecule is O=C(O)CCCc1ncc(-c2ccc[nH]2)[nH]1. The Morgan fingerprint density at radius 3 is 3.00 bits per heavy atom. The van der Waals surface area contributed by atoms with Gasteiger partial charge < -0.3 is 15.1 Å². The molecule has 0 bridgehead atoms. The lowest BCUT2D eigenvalue weighted by molar-refractivity contribution is -0.137. The number of imidazole rings is 1. The van der Waals surface area contributed by atoms with E-state index in [0.717, 1.165) is 17.2 Å². The molecule has 2 rings (SSSR count). The minimum atomic E-state index is -0.767. The third-order valence-corrected chi connectivity index (χ3v) is 2.32. The molecule has 0 aliphatic heterocycles. The monoisotopic (exact) mass is 219 g/mol. The van der Waals surface area contributed by atoms with Gasteiger partial charge in [0.25, 0.3) is 0 Å². The van der Waals surface area contributed by atoms with Crippen molar-refractivity contribution in [3.63, 3.8) is 0 Å². The Morgan fingerprint density at radius 2 is 2.31 bits per heavy atom. The van der Waals surface area contributed by atoms with E-state index >= 15 is 0 Å². The minimum Gasteiger partial charge on any atom is -0.481 e. The van der Waals surface area contributed by atoms with Gasteiger partial charge in [-0.1, -0.05) is 0 Å². The molecule has 5 heteroatoms. The summed E-state index contributed by atoms with van der Waals surface area (Å²) in [4.78, 5) is 20.8. The van der Waals surface area contributed by atoms with Gasteiger partial charge in [0.05, 0.1) is 17.6 Å². The largest absolute Gasteiger partial charge is 0.481 e. The number of aliphatic carboxylic acids is 1. The zero-order chi connectivity index (χ0) is 11.4. The average Bonchev–Trinajstić information content (AvgIpc) is 2.85. The van der Waals surface area contributed by atoms with Gasteiger partial charge in [0, 0.05) is 19.0 Å². The summed E-state index contributed by atoms with van der Waals surface area (Å²) in [5, 5.41) is 8.51. The highest BCUT2D eigenvalue weighted by atomic mass is 16.4. The van der Waals surface area contributed by atoms with Gasteiger partial charge in [0.1, 0.15) is 5.82 Å². The van der Waals surface area contributed by atoms with Crippen LogP contribution in [0.25, 0.3) is 11.4 Å². The van der Waals surface area contributed by atoms with Gasteiger partial charge in [-0.3, -0.25) is 4.79 Å². The lowest BCUT2D eigenvalue weighted by Crippen LogP contribution is -1.96. The molecule has 84 valence electrons. The van der Waals surface area contributed by atoms with Crippen molar-refractivity contribution in [1.29, 1.82) is 0 Å². The maximum absolute atomic E-state index is 10.3. The summed E-state index contributed by atoms with van der Waals surface area (Å²) in [6, 6.07) is 3.87. The van der Waals surface area contributed by atoms with Gasteiger partial charge in [0.2, 0.25) is 0 Å². The van der Waals surface area contributed by atoms with Crippen molar-refractivity contribution in [2.75, 3.05) is 0 Å². The smallest absolute Gasteiger partial charge is 0.303 e. The van der Waals surface area contributed by atoms with Gasteiger partial charge >= 0.3 is 5.97 Å². The van der Waals surface area contributed by atoms with E-state index in [1.807, 2.05) is 18.3 Å². The number of nitrogens with zero attached hydrogens (tertiary/aromatic N) is 1. The molecule has 0 aromatic carbocycles. The van der Waals surface area contributed by atoms with Crippen molar-refractivity contribution in [3.05, 3.63) is 30.4 Å². The molecule has 0 aliphatic rings. The van der Waals surface area contributed by atoms with Crippen LogP contribution in [-0.4, -0.2) is 26.0 Å². The Bertz CT molecular complexity index is 459. The first-order valence-electron chi connectivity index (χ1n) is 5.15. The molecular formula is C11H13N3O2. The molecule has 0 aliphatic carbocycles. The highest BCUT2D eigenvalue weighted by Gasteiger charge is 2.04. The number of carboxylic acids is 1. The molecule has 0 saturated carbocycles. The fourth-order valence-corrected chi connectivity index (χ4v) is 1.53. The number of H-pyrrole nitrogens is 2. The Morgan fingerprint density at radius 1 is 1.44 bits per heavy atom. The van der Waals surface area contributed by atoms with Crippen LogP contribution in [0.3, 0.4) is 0 Å². The van der Waals surface area contributed by atoms with Crippen molar-refractivity contribution in [2.24, 2.45) is 0 Å². The first-order valence-corrected chi connectivity index (χ1v) is 5.15. The van der Waals surface area contributed by atoms with E-state index in [4.69, 9.17) is 5.11 Å². The van der Waals surface area contributed by atoms with Gasteiger partial charge in [0.15, 0.2) is 0 Å². The second-order valence-corrected chi connectivity index (χ2v) is 3.57. The van der Waals surface area contributed by atoms with Crippen LogP contribution in [0.15, 0.2) is 24.5 Å². The van der Waals surface area contributed by atoms with Crippen LogP contribution in [0.4, 0.5) is 0 Å².